The number of benzene rings is 2. The van der Waals surface area contributed by atoms with E-state index >= 15 is 0 Å². The molecule has 23 heavy (non-hydrogen) atoms. The minimum atomic E-state index is -3.73. The van der Waals surface area contributed by atoms with E-state index in [4.69, 9.17) is 5.11 Å². The van der Waals surface area contributed by atoms with E-state index in [1.54, 1.807) is 30.3 Å². The fourth-order valence-electron chi connectivity index (χ4n) is 1.62. The van der Waals surface area contributed by atoms with Gasteiger partial charge in [0.25, 0.3) is 5.91 Å². The van der Waals surface area contributed by atoms with Crippen LogP contribution in [0.2, 0.25) is 0 Å². The van der Waals surface area contributed by atoms with Crippen LogP contribution in [-0.2, 0) is 14.8 Å². The molecule has 0 heterocycles. The minimum absolute atomic E-state index is 0.0837. The van der Waals surface area contributed by atoms with Crippen molar-refractivity contribution in [2.75, 3.05) is 6.54 Å². The van der Waals surface area contributed by atoms with Crippen molar-refractivity contribution in [3.8, 4) is 5.75 Å². The van der Waals surface area contributed by atoms with Crippen molar-refractivity contribution < 1.29 is 18.3 Å². The third-order valence-electron chi connectivity index (χ3n) is 2.77. The first kappa shape index (κ1) is 16.7. The van der Waals surface area contributed by atoms with Crippen molar-refractivity contribution in [3.63, 3.8) is 0 Å². The van der Waals surface area contributed by atoms with Crippen molar-refractivity contribution in [1.82, 2.24) is 10.1 Å². The Labute approximate surface area is 133 Å². The highest BCUT2D eigenvalue weighted by molar-refractivity contribution is 7.89. The van der Waals surface area contributed by atoms with Crippen LogP contribution in [0.5, 0.6) is 5.75 Å². The van der Waals surface area contributed by atoms with Crippen LogP contribution < -0.4 is 10.1 Å². The van der Waals surface area contributed by atoms with E-state index in [2.05, 4.69) is 15.2 Å². The number of hydrazone groups is 1. The van der Waals surface area contributed by atoms with E-state index in [9.17, 15) is 13.2 Å². The number of nitrogens with zero attached hydrogens (tertiary/aromatic N) is 1. The van der Waals surface area contributed by atoms with Gasteiger partial charge in [-0.25, -0.2) is 18.6 Å². The largest absolute Gasteiger partial charge is 0.508 e. The standard InChI is InChI=1S/C15H15N3O4S/c19-13-8-6-12(7-9-13)10-16-18-15(20)11-17-23(21,22)14-4-2-1-3-5-14/h1-10,17,19H,11H2,(H,18,20)/b16-10+. The van der Waals surface area contributed by atoms with Crippen LogP contribution in [0, 0.1) is 0 Å². The van der Waals surface area contributed by atoms with Gasteiger partial charge in [-0.3, -0.25) is 4.79 Å². The van der Waals surface area contributed by atoms with Gasteiger partial charge >= 0.3 is 0 Å². The molecule has 2 aromatic rings. The Bertz CT molecular complexity index is 787. The summed E-state index contributed by atoms with van der Waals surface area (Å²) in [7, 11) is -3.73. The molecular formula is C15H15N3O4S. The van der Waals surface area contributed by atoms with Gasteiger partial charge in [0.1, 0.15) is 5.75 Å². The van der Waals surface area contributed by atoms with E-state index in [-0.39, 0.29) is 10.6 Å². The second kappa shape index (κ2) is 7.52. The predicted octanol–water partition coefficient (Wildman–Crippen LogP) is 0.821. The van der Waals surface area contributed by atoms with Gasteiger partial charge in [-0.15, -0.1) is 0 Å². The van der Waals surface area contributed by atoms with E-state index in [0.29, 0.717) is 5.56 Å². The first-order valence-corrected chi connectivity index (χ1v) is 8.11. The number of aromatic hydroxyl groups is 1. The molecule has 7 nitrogen and oxygen atoms in total. The summed E-state index contributed by atoms with van der Waals surface area (Å²) < 4.78 is 26.0. The van der Waals surface area contributed by atoms with Crippen molar-refractivity contribution >= 4 is 22.1 Å². The Morgan fingerprint density at radius 2 is 1.74 bits per heavy atom. The van der Waals surface area contributed by atoms with Gasteiger partial charge in [0.2, 0.25) is 10.0 Å². The predicted molar refractivity (Wildman–Crippen MR) is 85.5 cm³/mol. The highest BCUT2D eigenvalue weighted by Gasteiger charge is 2.14. The number of phenolic OH excluding ortho intramolecular Hbond substituents is 1. The van der Waals surface area contributed by atoms with Crippen molar-refractivity contribution in [2.45, 2.75) is 4.90 Å². The van der Waals surface area contributed by atoms with Gasteiger partial charge in [0.05, 0.1) is 17.7 Å². The van der Waals surface area contributed by atoms with Crippen LogP contribution in [0.3, 0.4) is 0 Å². The lowest BCUT2D eigenvalue weighted by Crippen LogP contribution is -2.34. The average Bonchev–Trinajstić information content (AvgIpc) is 2.56. The van der Waals surface area contributed by atoms with Crippen LogP contribution in [0.1, 0.15) is 5.56 Å². The van der Waals surface area contributed by atoms with Gasteiger partial charge in [-0.05, 0) is 42.0 Å². The molecule has 0 saturated heterocycles. The summed E-state index contributed by atoms with van der Waals surface area (Å²) in [6, 6.07) is 13.9. The molecule has 0 aliphatic heterocycles. The highest BCUT2D eigenvalue weighted by atomic mass is 32.2. The number of amides is 1. The number of nitrogens with one attached hydrogen (secondary N) is 2. The first-order chi connectivity index (χ1) is 11.0. The Morgan fingerprint density at radius 1 is 1.09 bits per heavy atom. The Balaban J connectivity index is 1.84. The number of hydrogen-bond donors (Lipinski definition) is 3. The summed E-state index contributed by atoms with van der Waals surface area (Å²) in [4.78, 5) is 11.7. The number of sulfonamides is 1. The monoisotopic (exact) mass is 333 g/mol. The Morgan fingerprint density at radius 3 is 2.39 bits per heavy atom. The average molecular weight is 333 g/mol. The maximum Gasteiger partial charge on any atom is 0.255 e. The lowest BCUT2D eigenvalue weighted by atomic mass is 10.2. The molecule has 2 rings (SSSR count). The van der Waals surface area contributed by atoms with E-state index in [1.807, 2.05) is 0 Å². The minimum Gasteiger partial charge on any atom is -0.508 e. The van der Waals surface area contributed by atoms with E-state index < -0.39 is 22.5 Å². The summed E-state index contributed by atoms with van der Waals surface area (Å²) in [5, 5.41) is 12.8. The Kier molecular flexibility index (Phi) is 5.45. The number of carbonyl (C=O) groups is 1. The summed E-state index contributed by atoms with van der Waals surface area (Å²) in [6.07, 6.45) is 1.38. The maximum atomic E-state index is 11.9. The molecule has 0 unspecified atom stereocenters. The van der Waals surface area contributed by atoms with Crippen molar-refractivity contribution in [3.05, 3.63) is 60.2 Å². The fraction of sp³-hybridized carbons (Fsp3) is 0.0667. The van der Waals surface area contributed by atoms with Crippen LogP contribution in [-0.4, -0.2) is 32.2 Å². The summed E-state index contributed by atoms with van der Waals surface area (Å²) in [6.45, 7) is -0.426. The smallest absolute Gasteiger partial charge is 0.255 e. The zero-order valence-corrected chi connectivity index (χ0v) is 12.8. The molecule has 0 aromatic heterocycles. The molecule has 0 spiro atoms. The second-order valence-electron chi connectivity index (χ2n) is 4.52. The summed E-state index contributed by atoms with van der Waals surface area (Å²) >= 11 is 0. The van der Waals surface area contributed by atoms with Gasteiger partial charge in [-0.1, -0.05) is 18.2 Å². The summed E-state index contributed by atoms with van der Waals surface area (Å²) in [5.41, 5.74) is 2.88. The quantitative estimate of drug-likeness (QED) is 0.537. The zero-order valence-electron chi connectivity index (χ0n) is 12.0. The van der Waals surface area contributed by atoms with Gasteiger partial charge in [0, 0.05) is 0 Å². The maximum absolute atomic E-state index is 11.9. The SMILES string of the molecule is O=C(CNS(=O)(=O)c1ccccc1)N/N=C/c1ccc(O)cc1. The molecule has 0 atom stereocenters. The summed E-state index contributed by atoms with van der Waals surface area (Å²) in [5.74, 6) is -0.471. The molecule has 8 heteroatoms. The fourth-order valence-corrected chi connectivity index (χ4v) is 2.63. The number of carbonyl (C=O) groups excluding carboxylic acids is 1. The number of hydrogen-bond acceptors (Lipinski definition) is 5. The third kappa shape index (κ3) is 5.20. The van der Waals surface area contributed by atoms with E-state index in [0.717, 1.165) is 0 Å². The van der Waals surface area contributed by atoms with Gasteiger partial charge < -0.3 is 5.11 Å². The van der Waals surface area contributed by atoms with Gasteiger partial charge in [0.15, 0.2) is 0 Å². The van der Waals surface area contributed by atoms with Crippen LogP contribution in [0.4, 0.5) is 0 Å². The molecule has 0 radical (unpaired) electrons. The van der Waals surface area contributed by atoms with Gasteiger partial charge in [-0.2, -0.15) is 5.10 Å². The lowest BCUT2D eigenvalue weighted by Gasteiger charge is -2.05. The molecule has 2 aromatic carbocycles. The molecule has 0 aliphatic rings. The molecule has 0 saturated carbocycles. The highest BCUT2D eigenvalue weighted by Crippen LogP contribution is 2.08. The van der Waals surface area contributed by atoms with Crippen LogP contribution in [0.15, 0.2) is 64.6 Å². The molecular weight excluding hydrogens is 318 g/mol. The Hall–Kier alpha value is -2.71. The normalized spacial score (nSPS) is 11.5. The molecule has 120 valence electrons. The topological polar surface area (TPSA) is 108 Å². The first-order valence-electron chi connectivity index (χ1n) is 6.63. The van der Waals surface area contributed by atoms with Crippen LogP contribution >= 0.6 is 0 Å². The number of rotatable bonds is 6. The number of phenols is 1. The second-order valence-corrected chi connectivity index (χ2v) is 6.29. The molecule has 0 bridgehead atoms. The molecule has 3 N–H and O–H groups in total. The molecule has 1 amide bonds. The van der Waals surface area contributed by atoms with E-state index in [1.165, 1.54) is 30.5 Å². The van der Waals surface area contributed by atoms with Crippen molar-refractivity contribution in [1.29, 1.82) is 0 Å². The third-order valence-corrected chi connectivity index (χ3v) is 4.19. The molecule has 0 aliphatic carbocycles. The van der Waals surface area contributed by atoms with Crippen molar-refractivity contribution in [2.24, 2.45) is 5.10 Å². The zero-order chi connectivity index (χ0) is 16.7. The molecule has 0 fully saturated rings. The lowest BCUT2D eigenvalue weighted by molar-refractivity contribution is -0.119. The van der Waals surface area contributed by atoms with Crippen LogP contribution in [0.25, 0.3) is 0 Å².